The fourth-order valence-electron chi connectivity index (χ4n) is 1.74. The maximum absolute atomic E-state index is 11.7. The first-order chi connectivity index (χ1) is 9.51. The third-order valence-corrected chi connectivity index (χ3v) is 2.87. The van der Waals surface area contributed by atoms with Gasteiger partial charge in [0.05, 0.1) is 17.8 Å². The highest BCUT2D eigenvalue weighted by atomic mass is 16.4. The average molecular weight is 275 g/mol. The van der Waals surface area contributed by atoms with Crippen molar-refractivity contribution in [3.8, 4) is 0 Å². The third-order valence-electron chi connectivity index (χ3n) is 2.87. The molecule has 0 unspecified atom stereocenters. The fraction of sp³-hybridized carbons (Fsp3) is 0.231. The van der Waals surface area contributed by atoms with Crippen molar-refractivity contribution >= 4 is 5.97 Å². The minimum Gasteiger partial charge on any atom is -0.478 e. The van der Waals surface area contributed by atoms with Gasteiger partial charge >= 0.3 is 11.7 Å². The second-order valence-electron chi connectivity index (χ2n) is 4.24. The number of aromatic carboxylic acids is 1. The van der Waals surface area contributed by atoms with Crippen LogP contribution in [0.5, 0.6) is 0 Å². The quantitative estimate of drug-likeness (QED) is 0.831. The highest BCUT2D eigenvalue weighted by Gasteiger charge is 2.06. The lowest BCUT2D eigenvalue weighted by Crippen LogP contribution is -2.32. The van der Waals surface area contributed by atoms with E-state index in [2.05, 4.69) is 9.97 Å². The molecule has 104 valence electrons. The van der Waals surface area contributed by atoms with Gasteiger partial charge in [-0.15, -0.1) is 0 Å². The van der Waals surface area contributed by atoms with Crippen molar-refractivity contribution in [2.45, 2.75) is 19.9 Å². The lowest BCUT2D eigenvalue weighted by atomic mass is 10.2. The molecule has 0 aliphatic carbocycles. The maximum Gasteiger partial charge on any atom is 0.337 e. The zero-order valence-corrected chi connectivity index (χ0v) is 10.8. The molecule has 0 atom stereocenters. The van der Waals surface area contributed by atoms with Crippen molar-refractivity contribution < 1.29 is 9.90 Å². The van der Waals surface area contributed by atoms with E-state index in [4.69, 9.17) is 5.11 Å². The van der Waals surface area contributed by atoms with Crippen LogP contribution in [-0.4, -0.2) is 25.6 Å². The van der Waals surface area contributed by atoms with Crippen LogP contribution in [0.2, 0.25) is 0 Å². The van der Waals surface area contributed by atoms with Gasteiger partial charge in [0.1, 0.15) is 0 Å². The largest absolute Gasteiger partial charge is 0.478 e. The summed E-state index contributed by atoms with van der Waals surface area (Å²) in [5.74, 6) is -1.06. The number of rotatable bonds is 4. The molecular formula is C13H13N3O4. The summed E-state index contributed by atoms with van der Waals surface area (Å²) in [7, 11) is 0. The third kappa shape index (κ3) is 2.82. The maximum atomic E-state index is 11.7. The topological polar surface area (TPSA) is 105 Å². The predicted molar refractivity (Wildman–Crippen MR) is 71.0 cm³/mol. The van der Waals surface area contributed by atoms with E-state index in [1.54, 1.807) is 0 Å². The number of aromatic amines is 1. The number of carboxylic acid groups (broad SMARTS) is 1. The summed E-state index contributed by atoms with van der Waals surface area (Å²) in [5, 5.41) is 8.77. The summed E-state index contributed by atoms with van der Waals surface area (Å²) >= 11 is 0. The van der Waals surface area contributed by atoms with Gasteiger partial charge in [0.2, 0.25) is 0 Å². The van der Waals surface area contributed by atoms with Gasteiger partial charge in [-0.3, -0.25) is 19.3 Å². The van der Waals surface area contributed by atoms with Crippen LogP contribution < -0.4 is 11.2 Å². The Balaban J connectivity index is 2.32. The smallest absolute Gasteiger partial charge is 0.337 e. The van der Waals surface area contributed by atoms with E-state index in [0.29, 0.717) is 17.7 Å². The number of hydrogen-bond acceptors (Lipinski definition) is 4. The van der Waals surface area contributed by atoms with Crippen LogP contribution in [0.1, 0.15) is 28.5 Å². The number of H-pyrrole nitrogens is 1. The van der Waals surface area contributed by atoms with E-state index < -0.39 is 11.7 Å². The second-order valence-corrected chi connectivity index (χ2v) is 4.24. The number of aryl methyl sites for hydroxylation is 1. The molecule has 0 saturated heterocycles. The molecule has 0 spiro atoms. The molecule has 2 N–H and O–H groups in total. The van der Waals surface area contributed by atoms with Crippen molar-refractivity contribution in [3.63, 3.8) is 0 Å². The van der Waals surface area contributed by atoms with Crippen LogP contribution >= 0.6 is 0 Å². The minimum absolute atomic E-state index is 0.0804. The van der Waals surface area contributed by atoms with Crippen LogP contribution in [0, 0.1) is 0 Å². The van der Waals surface area contributed by atoms with E-state index in [0.717, 1.165) is 0 Å². The van der Waals surface area contributed by atoms with E-state index >= 15 is 0 Å². The van der Waals surface area contributed by atoms with Crippen molar-refractivity contribution in [1.82, 2.24) is 14.5 Å². The van der Waals surface area contributed by atoms with Gasteiger partial charge in [-0.1, -0.05) is 6.92 Å². The number of nitrogens with zero attached hydrogens (tertiary/aromatic N) is 2. The highest BCUT2D eigenvalue weighted by molar-refractivity contribution is 5.87. The fourth-order valence-corrected chi connectivity index (χ4v) is 1.74. The number of nitrogens with one attached hydrogen (secondary N) is 1. The number of hydrogen-bond donors (Lipinski definition) is 2. The van der Waals surface area contributed by atoms with Gasteiger partial charge in [-0.05, 0) is 18.6 Å². The lowest BCUT2D eigenvalue weighted by Gasteiger charge is -2.06. The van der Waals surface area contributed by atoms with Gasteiger partial charge < -0.3 is 5.11 Å². The van der Waals surface area contributed by atoms with Gasteiger partial charge in [0, 0.05) is 18.0 Å². The Morgan fingerprint density at radius 3 is 2.70 bits per heavy atom. The number of carbonyl (C=O) groups is 1. The molecule has 2 rings (SSSR count). The summed E-state index contributed by atoms with van der Waals surface area (Å²) in [6.45, 7) is 1.99. The monoisotopic (exact) mass is 275 g/mol. The zero-order chi connectivity index (χ0) is 14.7. The van der Waals surface area contributed by atoms with Crippen molar-refractivity contribution in [2.75, 3.05) is 0 Å². The van der Waals surface area contributed by atoms with Crippen molar-refractivity contribution in [1.29, 1.82) is 0 Å². The van der Waals surface area contributed by atoms with Gasteiger partial charge in [0.15, 0.2) is 0 Å². The molecule has 0 amide bonds. The molecule has 2 aromatic rings. The van der Waals surface area contributed by atoms with E-state index in [1.165, 1.54) is 29.1 Å². The van der Waals surface area contributed by atoms with Gasteiger partial charge in [-0.2, -0.15) is 0 Å². The first-order valence-corrected chi connectivity index (χ1v) is 6.02. The first-order valence-electron chi connectivity index (χ1n) is 6.02. The molecule has 0 aliphatic heterocycles. The summed E-state index contributed by atoms with van der Waals surface area (Å²) in [4.78, 5) is 40.0. The molecule has 0 saturated carbocycles. The van der Waals surface area contributed by atoms with Crippen LogP contribution in [0.3, 0.4) is 0 Å². The Morgan fingerprint density at radius 1 is 1.40 bits per heavy atom. The van der Waals surface area contributed by atoms with Gasteiger partial charge in [-0.25, -0.2) is 9.59 Å². The Kier molecular flexibility index (Phi) is 3.79. The molecule has 2 aromatic heterocycles. The molecular weight excluding hydrogens is 262 g/mol. The highest BCUT2D eigenvalue weighted by Crippen LogP contribution is 2.02. The number of aromatic nitrogens is 3. The summed E-state index contributed by atoms with van der Waals surface area (Å²) in [6, 6.07) is 2.95. The molecule has 7 nitrogen and oxygen atoms in total. The molecule has 0 fully saturated rings. The summed E-state index contributed by atoms with van der Waals surface area (Å²) < 4.78 is 1.34. The van der Waals surface area contributed by atoms with E-state index in [-0.39, 0.29) is 17.7 Å². The molecule has 20 heavy (non-hydrogen) atoms. The SMILES string of the molecule is CCc1cn(Cc2ccc(C(=O)O)cn2)c(=O)[nH]c1=O. The second kappa shape index (κ2) is 5.52. The Bertz CT molecular complexity index is 743. The van der Waals surface area contributed by atoms with Crippen LogP contribution in [0.4, 0.5) is 0 Å². The molecule has 0 radical (unpaired) electrons. The Hall–Kier alpha value is -2.70. The van der Waals surface area contributed by atoms with Gasteiger partial charge in [0.25, 0.3) is 5.56 Å². The van der Waals surface area contributed by atoms with Crippen molar-refractivity contribution in [3.05, 3.63) is 62.2 Å². The summed E-state index contributed by atoms with van der Waals surface area (Å²) in [5.41, 5.74) is 0.217. The standard InChI is InChI=1S/C13H13N3O4/c1-2-8-6-16(13(20)15-11(8)17)7-10-4-3-9(5-14-10)12(18)19/h3-6H,2,7H2,1H3,(H,18,19)(H,15,17,20). The molecule has 0 aliphatic rings. The molecule has 7 heteroatoms. The average Bonchev–Trinajstić information content (AvgIpc) is 2.42. The predicted octanol–water partition coefficient (Wildman–Crippen LogP) is 0.240. The van der Waals surface area contributed by atoms with Crippen LogP contribution in [0.15, 0.2) is 34.1 Å². The van der Waals surface area contributed by atoms with E-state index in [9.17, 15) is 14.4 Å². The molecule has 0 aromatic carbocycles. The van der Waals surface area contributed by atoms with Crippen molar-refractivity contribution in [2.24, 2.45) is 0 Å². The Labute approximate surface area is 113 Å². The number of pyridine rings is 1. The minimum atomic E-state index is -1.06. The Morgan fingerprint density at radius 2 is 2.15 bits per heavy atom. The normalized spacial score (nSPS) is 10.4. The summed E-state index contributed by atoms with van der Waals surface area (Å²) in [6.07, 6.45) is 3.24. The molecule has 0 bridgehead atoms. The molecule has 2 heterocycles. The zero-order valence-electron chi connectivity index (χ0n) is 10.8. The van der Waals surface area contributed by atoms with Crippen LogP contribution in [-0.2, 0) is 13.0 Å². The number of carboxylic acids is 1. The first kappa shape index (κ1) is 13.7. The van der Waals surface area contributed by atoms with Crippen LogP contribution in [0.25, 0.3) is 0 Å². The van der Waals surface area contributed by atoms with E-state index in [1.807, 2.05) is 6.92 Å². The lowest BCUT2D eigenvalue weighted by molar-refractivity contribution is 0.0696.